The average molecular weight is 393 g/mol. The molecule has 0 spiro atoms. The Hall–Kier alpha value is -2.94. The fourth-order valence-electron chi connectivity index (χ4n) is 2.33. The van der Waals surface area contributed by atoms with Gasteiger partial charge < -0.3 is 14.2 Å². The molecule has 1 heterocycles. The molecule has 0 bridgehead atoms. The van der Waals surface area contributed by atoms with Gasteiger partial charge in [-0.3, -0.25) is 14.9 Å². The second-order valence-corrected chi connectivity index (χ2v) is 6.30. The highest BCUT2D eigenvalue weighted by molar-refractivity contribution is 7.12. The van der Waals surface area contributed by atoms with Crippen LogP contribution in [0.4, 0.5) is 5.69 Å². The first-order chi connectivity index (χ1) is 13.0. The molecule has 0 aliphatic carbocycles. The standard InChI is InChI=1S/C18H19NO7S/c1-3-25-16-10-12(13(19(22)23)11-15(16)24-2)18(21)26-8-4-6-14(20)17-7-5-9-27-17/h5,7,9-11H,3-4,6,8H2,1-2H3. The zero-order chi connectivity index (χ0) is 19.8. The zero-order valence-electron chi connectivity index (χ0n) is 14.9. The van der Waals surface area contributed by atoms with Gasteiger partial charge in [0.05, 0.1) is 36.2 Å². The topological polar surface area (TPSA) is 105 Å². The lowest BCUT2D eigenvalue weighted by molar-refractivity contribution is -0.385. The molecule has 0 aliphatic heterocycles. The van der Waals surface area contributed by atoms with E-state index in [-0.39, 0.29) is 35.9 Å². The first-order valence-corrected chi connectivity index (χ1v) is 9.09. The molecule has 9 heteroatoms. The van der Waals surface area contributed by atoms with Crippen molar-refractivity contribution >= 4 is 28.8 Å². The summed E-state index contributed by atoms with van der Waals surface area (Å²) in [6.45, 7) is 2.01. The molecule has 0 atom stereocenters. The summed E-state index contributed by atoms with van der Waals surface area (Å²) in [5, 5.41) is 13.1. The quantitative estimate of drug-likeness (QED) is 0.198. The lowest BCUT2D eigenvalue weighted by Crippen LogP contribution is -2.11. The van der Waals surface area contributed by atoms with Gasteiger partial charge in [0.15, 0.2) is 17.3 Å². The number of carbonyl (C=O) groups excluding carboxylic acids is 2. The first kappa shape index (κ1) is 20.4. The largest absolute Gasteiger partial charge is 0.493 e. The van der Waals surface area contributed by atoms with Crippen molar-refractivity contribution in [3.8, 4) is 11.5 Å². The van der Waals surface area contributed by atoms with Crippen molar-refractivity contribution in [1.82, 2.24) is 0 Å². The van der Waals surface area contributed by atoms with E-state index in [1.807, 2.05) is 5.38 Å². The van der Waals surface area contributed by atoms with E-state index in [0.717, 1.165) is 6.07 Å². The Morgan fingerprint density at radius 1 is 1.26 bits per heavy atom. The van der Waals surface area contributed by atoms with Gasteiger partial charge in [0, 0.05) is 12.5 Å². The third kappa shape index (κ3) is 5.27. The monoisotopic (exact) mass is 393 g/mol. The van der Waals surface area contributed by atoms with Gasteiger partial charge in [0.25, 0.3) is 5.69 Å². The van der Waals surface area contributed by atoms with E-state index < -0.39 is 16.6 Å². The second-order valence-electron chi connectivity index (χ2n) is 5.35. The molecule has 0 unspecified atom stereocenters. The summed E-state index contributed by atoms with van der Waals surface area (Å²) in [6, 6.07) is 5.88. The number of carbonyl (C=O) groups is 2. The summed E-state index contributed by atoms with van der Waals surface area (Å²) in [5.74, 6) is -0.518. The first-order valence-electron chi connectivity index (χ1n) is 8.21. The molecule has 0 N–H and O–H groups in total. The summed E-state index contributed by atoms with van der Waals surface area (Å²) in [5.41, 5.74) is -0.663. The maximum atomic E-state index is 12.3. The third-order valence-corrected chi connectivity index (χ3v) is 4.49. The van der Waals surface area contributed by atoms with Gasteiger partial charge in [-0.25, -0.2) is 4.79 Å². The van der Waals surface area contributed by atoms with Crippen molar-refractivity contribution in [2.24, 2.45) is 0 Å². The van der Waals surface area contributed by atoms with Gasteiger partial charge in [0.2, 0.25) is 0 Å². The lowest BCUT2D eigenvalue weighted by atomic mass is 10.1. The molecular formula is C18H19NO7S. The minimum atomic E-state index is -0.853. The third-order valence-electron chi connectivity index (χ3n) is 3.58. The fourth-order valence-corrected chi connectivity index (χ4v) is 3.02. The fraction of sp³-hybridized carbons (Fsp3) is 0.333. The Kier molecular flexibility index (Phi) is 7.30. The normalized spacial score (nSPS) is 10.3. The molecule has 0 aliphatic rings. The van der Waals surface area contributed by atoms with Crippen molar-refractivity contribution in [2.45, 2.75) is 19.8 Å². The number of hydrogen-bond donors (Lipinski definition) is 0. The molecule has 0 saturated carbocycles. The van der Waals surface area contributed by atoms with Crippen molar-refractivity contribution in [3.05, 3.63) is 50.2 Å². The van der Waals surface area contributed by atoms with Crippen molar-refractivity contribution in [2.75, 3.05) is 20.3 Å². The highest BCUT2D eigenvalue weighted by Gasteiger charge is 2.25. The minimum Gasteiger partial charge on any atom is -0.493 e. The van der Waals surface area contributed by atoms with E-state index >= 15 is 0 Å². The maximum absolute atomic E-state index is 12.3. The number of nitrogens with zero attached hydrogens (tertiary/aromatic N) is 1. The number of hydrogen-bond acceptors (Lipinski definition) is 8. The minimum absolute atomic E-state index is 0.0247. The molecule has 8 nitrogen and oxygen atoms in total. The smallest absolute Gasteiger partial charge is 0.345 e. The molecule has 144 valence electrons. The highest BCUT2D eigenvalue weighted by Crippen LogP contribution is 2.35. The van der Waals surface area contributed by atoms with E-state index in [0.29, 0.717) is 17.9 Å². The molecule has 0 amide bonds. The van der Waals surface area contributed by atoms with Crippen LogP contribution >= 0.6 is 11.3 Å². The predicted molar refractivity (Wildman–Crippen MR) is 99.0 cm³/mol. The maximum Gasteiger partial charge on any atom is 0.345 e. The van der Waals surface area contributed by atoms with Crippen LogP contribution in [0.15, 0.2) is 29.6 Å². The number of methoxy groups -OCH3 is 1. The van der Waals surface area contributed by atoms with Crippen LogP contribution in [0.2, 0.25) is 0 Å². The Balaban J connectivity index is 2.04. The van der Waals surface area contributed by atoms with E-state index in [2.05, 4.69) is 0 Å². The van der Waals surface area contributed by atoms with Crippen LogP contribution in [0.25, 0.3) is 0 Å². The van der Waals surface area contributed by atoms with Crippen LogP contribution in [0.5, 0.6) is 11.5 Å². The van der Waals surface area contributed by atoms with E-state index in [9.17, 15) is 19.7 Å². The van der Waals surface area contributed by atoms with Crippen LogP contribution in [-0.2, 0) is 4.74 Å². The van der Waals surface area contributed by atoms with Crippen molar-refractivity contribution in [3.63, 3.8) is 0 Å². The lowest BCUT2D eigenvalue weighted by Gasteiger charge is -2.11. The number of ketones is 1. The molecular weight excluding hydrogens is 374 g/mol. The molecule has 2 aromatic rings. The van der Waals surface area contributed by atoms with Crippen LogP contribution in [-0.4, -0.2) is 37.0 Å². The summed E-state index contributed by atoms with van der Waals surface area (Å²) < 4.78 is 15.5. The predicted octanol–water partition coefficient (Wildman–Crippen LogP) is 3.88. The van der Waals surface area contributed by atoms with Gasteiger partial charge >= 0.3 is 5.97 Å². The second kappa shape index (κ2) is 9.67. The van der Waals surface area contributed by atoms with Crippen LogP contribution in [0.1, 0.15) is 39.8 Å². The van der Waals surface area contributed by atoms with E-state index in [1.165, 1.54) is 24.5 Å². The zero-order valence-corrected chi connectivity index (χ0v) is 15.7. The molecule has 2 rings (SSSR count). The Labute approximate surface area is 159 Å². The van der Waals surface area contributed by atoms with Crippen molar-refractivity contribution in [1.29, 1.82) is 0 Å². The summed E-state index contributed by atoms with van der Waals surface area (Å²) in [7, 11) is 1.35. The molecule has 0 radical (unpaired) electrons. The van der Waals surface area contributed by atoms with E-state index in [1.54, 1.807) is 19.1 Å². The summed E-state index contributed by atoms with van der Waals surface area (Å²) >= 11 is 1.35. The Bertz CT molecular complexity index is 817. The number of ether oxygens (including phenoxy) is 3. The molecule has 0 saturated heterocycles. The van der Waals surface area contributed by atoms with Gasteiger partial charge in [-0.2, -0.15) is 0 Å². The molecule has 1 aromatic heterocycles. The van der Waals surface area contributed by atoms with Crippen LogP contribution < -0.4 is 9.47 Å². The number of esters is 1. The molecule has 27 heavy (non-hydrogen) atoms. The highest BCUT2D eigenvalue weighted by atomic mass is 32.1. The van der Waals surface area contributed by atoms with Gasteiger partial charge in [-0.1, -0.05) is 6.07 Å². The average Bonchev–Trinajstić information content (AvgIpc) is 3.19. The SMILES string of the molecule is CCOc1cc(C(=O)OCCCC(=O)c2cccs2)c([N+](=O)[O-])cc1OC. The van der Waals surface area contributed by atoms with Gasteiger partial charge in [-0.15, -0.1) is 11.3 Å². The van der Waals surface area contributed by atoms with Crippen molar-refractivity contribution < 1.29 is 28.7 Å². The molecule has 0 fully saturated rings. The Morgan fingerprint density at radius 3 is 2.63 bits per heavy atom. The summed E-state index contributed by atoms with van der Waals surface area (Å²) in [4.78, 5) is 35.4. The van der Waals surface area contributed by atoms with Crippen LogP contribution in [0, 0.1) is 10.1 Å². The number of benzene rings is 1. The number of nitro benzene ring substituents is 1. The van der Waals surface area contributed by atoms with E-state index in [4.69, 9.17) is 14.2 Å². The Morgan fingerprint density at radius 2 is 2.04 bits per heavy atom. The number of rotatable bonds is 10. The number of Topliss-reactive ketones (excluding diaryl/α,β-unsaturated/α-hetero) is 1. The summed E-state index contributed by atoms with van der Waals surface area (Å²) in [6.07, 6.45) is 0.549. The molecule has 1 aromatic carbocycles. The van der Waals surface area contributed by atoms with Crippen LogP contribution in [0.3, 0.4) is 0 Å². The van der Waals surface area contributed by atoms with Gasteiger partial charge in [0.1, 0.15) is 5.56 Å². The number of thiophene rings is 1. The van der Waals surface area contributed by atoms with Gasteiger partial charge in [-0.05, 0) is 24.8 Å². The number of nitro groups is 1.